The van der Waals surface area contributed by atoms with Crippen LogP contribution in [0.2, 0.25) is 0 Å². The van der Waals surface area contributed by atoms with Crippen LogP contribution in [0, 0.1) is 0 Å². The predicted octanol–water partition coefficient (Wildman–Crippen LogP) is 5.84. The molecule has 0 atom stereocenters. The van der Waals surface area contributed by atoms with Crippen molar-refractivity contribution in [2.24, 2.45) is 5.10 Å². The van der Waals surface area contributed by atoms with E-state index in [0.29, 0.717) is 18.1 Å². The van der Waals surface area contributed by atoms with Crippen molar-refractivity contribution in [1.82, 2.24) is 15.6 Å². The summed E-state index contributed by atoms with van der Waals surface area (Å²) in [6.45, 7) is 0.515. The zero-order valence-electron chi connectivity index (χ0n) is 19.4. The summed E-state index contributed by atoms with van der Waals surface area (Å²) in [5.41, 5.74) is 5.50. The molecule has 0 spiro atoms. The zero-order chi connectivity index (χ0) is 25.2. The first-order valence-electron chi connectivity index (χ1n) is 11.0. The molecule has 0 aliphatic heterocycles. The van der Waals surface area contributed by atoms with Gasteiger partial charge in [0.1, 0.15) is 5.01 Å². The van der Waals surface area contributed by atoms with Gasteiger partial charge in [-0.25, -0.2) is 5.43 Å². The Morgan fingerprint density at radius 2 is 1.86 bits per heavy atom. The lowest BCUT2D eigenvalue weighted by atomic mass is 10.2. The van der Waals surface area contributed by atoms with Crippen molar-refractivity contribution in [3.8, 4) is 22.1 Å². The summed E-state index contributed by atoms with van der Waals surface area (Å²) >= 11 is 6.32. The summed E-state index contributed by atoms with van der Waals surface area (Å²) < 4.78 is 12.9. The molecule has 4 aromatic rings. The number of halogens is 1. The van der Waals surface area contributed by atoms with Gasteiger partial charge in [0, 0.05) is 12.0 Å². The number of amides is 1. The van der Waals surface area contributed by atoms with Crippen LogP contribution < -0.4 is 14.9 Å². The van der Waals surface area contributed by atoms with E-state index in [0.717, 1.165) is 31.4 Å². The van der Waals surface area contributed by atoms with Gasteiger partial charge in [-0.15, -0.1) is 10.2 Å². The molecule has 0 saturated carbocycles. The Hall–Kier alpha value is -3.21. The summed E-state index contributed by atoms with van der Waals surface area (Å²) in [6.07, 6.45) is 2.34. The van der Waals surface area contributed by atoms with Crippen LogP contribution in [0.3, 0.4) is 0 Å². The largest absolute Gasteiger partial charge is 0.493 e. The van der Waals surface area contributed by atoms with Crippen molar-refractivity contribution in [3.05, 3.63) is 88.4 Å². The highest BCUT2D eigenvalue weighted by molar-refractivity contribution is 9.10. The topological polar surface area (TPSA) is 85.7 Å². The lowest BCUT2D eigenvalue weighted by Gasteiger charge is -2.13. The summed E-state index contributed by atoms with van der Waals surface area (Å²) in [6, 6.07) is 23.6. The van der Waals surface area contributed by atoms with Crippen molar-refractivity contribution in [3.63, 3.8) is 0 Å². The molecule has 1 N–H and O–H groups in total. The maximum absolute atomic E-state index is 12.2. The Morgan fingerprint density at radius 1 is 1.11 bits per heavy atom. The highest BCUT2D eigenvalue weighted by Gasteiger charge is 2.12. The number of hydrogen-bond donors (Lipinski definition) is 1. The first-order chi connectivity index (χ1) is 17.6. The minimum atomic E-state index is -0.236. The third-order valence-corrected chi connectivity index (χ3v) is 7.58. The molecule has 184 valence electrons. The van der Waals surface area contributed by atoms with E-state index in [1.165, 1.54) is 28.7 Å². The first kappa shape index (κ1) is 25.9. The second kappa shape index (κ2) is 13.2. The van der Waals surface area contributed by atoms with E-state index in [4.69, 9.17) is 9.47 Å². The van der Waals surface area contributed by atoms with E-state index in [1.807, 2.05) is 54.6 Å². The number of methoxy groups -OCH3 is 1. The lowest BCUT2D eigenvalue weighted by molar-refractivity contribution is -0.118. The molecule has 0 aliphatic carbocycles. The normalized spacial score (nSPS) is 10.9. The monoisotopic (exact) mass is 582 g/mol. The number of aromatic nitrogens is 2. The fourth-order valence-electron chi connectivity index (χ4n) is 3.17. The maximum Gasteiger partial charge on any atom is 0.250 e. The van der Waals surface area contributed by atoms with Crippen LogP contribution in [0.5, 0.6) is 11.5 Å². The number of hydrogen-bond acceptors (Lipinski definition) is 8. The van der Waals surface area contributed by atoms with Crippen LogP contribution in [0.25, 0.3) is 10.6 Å². The van der Waals surface area contributed by atoms with Gasteiger partial charge >= 0.3 is 0 Å². The number of nitrogens with zero attached hydrogens (tertiary/aromatic N) is 3. The van der Waals surface area contributed by atoms with Crippen LogP contribution in [-0.2, 0) is 11.2 Å². The molecule has 1 aromatic heterocycles. The molecule has 1 heterocycles. The van der Waals surface area contributed by atoms with Crippen LogP contribution in [0.4, 0.5) is 0 Å². The van der Waals surface area contributed by atoms with E-state index in [9.17, 15) is 4.79 Å². The fraction of sp³-hybridized carbons (Fsp3) is 0.154. The zero-order valence-corrected chi connectivity index (χ0v) is 22.6. The summed E-state index contributed by atoms with van der Waals surface area (Å²) in [7, 11) is 1.59. The first-order valence-corrected chi connectivity index (χ1v) is 13.6. The molecule has 3 aromatic carbocycles. The van der Waals surface area contributed by atoms with Gasteiger partial charge in [-0.3, -0.25) is 4.79 Å². The third-order valence-electron chi connectivity index (χ3n) is 4.89. The Morgan fingerprint density at radius 3 is 2.61 bits per heavy atom. The van der Waals surface area contributed by atoms with Crippen molar-refractivity contribution < 1.29 is 14.3 Å². The molecular weight excluding hydrogens is 560 g/mol. The number of carbonyl (C=O) groups is 1. The SMILES string of the molecule is COc1cc(C=NNC(=O)CSc2nnc(-c3ccccc3)s2)cc(Br)c1OCCc1ccccc1. The average Bonchev–Trinajstić information content (AvgIpc) is 3.39. The van der Waals surface area contributed by atoms with Gasteiger partial charge in [-0.05, 0) is 39.2 Å². The molecule has 0 unspecified atom stereocenters. The van der Waals surface area contributed by atoms with Crippen molar-refractivity contribution >= 4 is 51.2 Å². The molecular formula is C26H23BrN4O3S2. The Labute approximate surface area is 226 Å². The number of benzene rings is 3. The number of rotatable bonds is 11. The molecule has 10 heteroatoms. The van der Waals surface area contributed by atoms with Gasteiger partial charge in [0.25, 0.3) is 5.91 Å². The molecule has 4 rings (SSSR count). The second-order valence-corrected chi connectivity index (χ2v) is 10.5. The van der Waals surface area contributed by atoms with Crippen molar-refractivity contribution in [2.75, 3.05) is 19.5 Å². The van der Waals surface area contributed by atoms with Gasteiger partial charge in [0.05, 0.1) is 30.2 Å². The Balaban J connectivity index is 1.27. The van der Waals surface area contributed by atoms with Gasteiger partial charge in [-0.1, -0.05) is 83.8 Å². The second-order valence-electron chi connectivity index (χ2n) is 7.44. The third kappa shape index (κ3) is 7.39. The standard InChI is InChI=1S/C26H23BrN4O3S2/c1-33-22-15-19(14-21(27)24(22)34-13-12-18-8-4-2-5-9-18)16-28-29-23(32)17-35-26-31-30-25(36-26)20-10-6-3-7-11-20/h2-11,14-16H,12-13,17H2,1H3,(H,29,32). The number of hydrazone groups is 1. The van der Waals surface area contributed by atoms with Crippen LogP contribution in [0.15, 0.2) is 86.7 Å². The fourth-order valence-corrected chi connectivity index (χ4v) is 5.40. The number of thioether (sulfide) groups is 1. The predicted molar refractivity (Wildman–Crippen MR) is 148 cm³/mol. The summed E-state index contributed by atoms with van der Waals surface area (Å²) in [5, 5.41) is 13.2. The molecule has 0 saturated heterocycles. The lowest BCUT2D eigenvalue weighted by Crippen LogP contribution is -2.19. The van der Waals surface area contributed by atoms with Gasteiger partial charge in [0.15, 0.2) is 15.8 Å². The molecule has 0 aliphatic rings. The van der Waals surface area contributed by atoms with Crippen LogP contribution >= 0.6 is 39.0 Å². The highest BCUT2D eigenvalue weighted by atomic mass is 79.9. The van der Waals surface area contributed by atoms with E-state index in [-0.39, 0.29) is 11.7 Å². The van der Waals surface area contributed by atoms with E-state index in [1.54, 1.807) is 19.4 Å². The van der Waals surface area contributed by atoms with Gasteiger partial charge in [-0.2, -0.15) is 5.10 Å². The highest BCUT2D eigenvalue weighted by Crippen LogP contribution is 2.36. The average molecular weight is 584 g/mol. The van der Waals surface area contributed by atoms with Crippen LogP contribution in [0.1, 0.15) is 11.1 Å². The van der Waals surface area contributed by atoms with Crippen molar-refractivity contribution in [2.45, 2.75) is 10.8 Å². The number of carbonyl (C=O) groups excluding carboxylic acids is 1. The van der Waals surface area contributed by atoms with Crippen molar-refractivity contribution in [1.29, 1.82) is 0 Å². The summed E-state index contributed by atoms with van der Waals surface area (Å²) in [4.78, 5) is 12.2. The smallest absolute Gasteiger partial charge is 0.250 e. The van der Waals surface area contributed by atoms with Gasteiger partial charge in [0.2, 0.25) is 0 Å². The summed E-state index contributed by atoms with van der Waals surface area (Å²) in [5.74, 6) is 1.14. The van der Waals surface area contributed by atoms with E-state index >= 15 is 0 Å². The molecule has 7 nitrogen and oxygen atoms in total. The Bertz CT molecular complexity index is 1320. The molecule has 1 amide bonds. The number of ether oxygens (including phenoxy) is 2. The molecule has 0 bridgehead atoms. The van der Waals surface area contributed by atoms with E-state index in [2.05, 4.69) is 48.8 Å². The number of nitrogens with one attached hydrogen (secondary N) is 1. The molecule has 36 heavy (non-hydrogen) atoms. The Kier molecular flexibility index (Phi) is 9.48. The van der Waals surface area contributed by atoms with Gasteiger partial charge < -0.3 is 9.47 Å². The minimum absolute atomic E-state index is 0.183. The maximum atomic E-state index is 12.2. The van der Waals surface area contributed by atoms with Crippen LogP contribution in [-0.4, -0.2) is 41.8 Å². The van der Waals surface area contributed by atoms with E-state index < -0.39 is 0 Å². The molecule has 0 fully saturated rings. The minimum Gasteiger partial charge on any atom is -0.493 e. The quantitative estimate of drug-likeness (QED) is 0.136. The molecule has 0 radical (unpaired) electrons.